The highest BCUT2D eigenvalue weighted by molar-refractivity contribution is 6.21. The number of hydrogen-bond acceptors (Lipinski definition) is 0. The van der Waals surface area contributed by atoms with Crippen molar-refractivity contribution in [3.63, 3.8) is 0 Å². The van der Waals surface area contributed by atoms with E-state index in [0.29, 0.717) is 5.92 Å². The number of benzene rings is 2. The van der Waals surface area contributed by atoms with E-state index in [1.54, 1.807) is 0 Å². The maximum atomic E-state index is 6.54. The minimum absolute atomic E-state index is 0.0764. The second-order valence-electron chi connectivity index (χ2n) is 4.98. The molecule has 2 aromatic carbocycles. The van der Waals surface area contributed by atoms with Gasteiger partial charge in [0.15, 0.2) is 0 Å². The molecule has 0 aliphatic heterocycles. The van der Waals surface area contributed by atoms with Crippen molar-refractivity contribution in [2.75, 3.05) is 0 Å². The lowest BCUT2D eigenvalue weighted by molar-refractivity contribution is 0.558. The van der Waals surface area contributed by atoms with Crippen LogP contribution >= 0.6 is 11.6 Å². The first-order chi connectivity index (χ1) is 8.66. The highest BCUT2D eigenvalue weighted by atomic mass is 35.5. The predicted octanol–water partition coefficient (Wildman–Crippen LogP) is 5.15. The second kappa shape index (κ2) is 6.06. The van der Waals surface area contributed by atoms with E-state index in [4.69, 9.17) is 11.6 Å². The molecule has 2 aromatic rings. The SMILES string of the molecule is Cc1ccc(CC(C)C(Cl)c2ccccc2)cc1. The molecule has 0 heterocycles. The van der Waals surface area contributed by atoms with Crippen LogP contribution in [0.15, 0.2) is 54.6 Å². The number of hydrogen-bond donors (Lipinski definition) is 0. The lowest BCUT2D eigenvalue weighted by Crippen LogP contribution is -2.07. The molecule has 0 bridgehead atoms. The third-order valence-electron chi connectivity index (χ3n) is 3.30. The van der Waals surface area contributed by atoms with Gasteiger partial charge in [0.25, 0.3) is 0 Å². The average Bonchev–Trinajstić information content (AvgIpc) is 2.41. The second-order valence-corrected chi connectivity index (χ2v) is 5.45. The molecule has 2 unspecified atom stereocenters. The molecule has 1 heteroatoms. The van der Waals surface area contributed by atoms with E-state index in [-0.39, 0.29) is 5.38 Å². The summed E-state index contributed by atoms with van der Waals surface area (Å²) in [5, 5.41) is 0.0764. The van der Waals surface area contributed by atoms with Gasteiger partial charge in [0, 0.05) is 0 Å². The van der Waals surface area contributed by atoms with E-state index in [2.05, 4.69) is 50.2 Å². The summed E-state index contributed by atoms with van der Waals surface area (Å²) in [5.74, 6) is 0.428. The molecule has 0 aliphatic rings. The van der Waals surface area contributed by atoms with Gasteiger partial charge in [-0.3, -0.25) is 0 Å². The molecule has 0 saturated carbocycles. The first-order valence-corrected chi connectivity index (χ1v) is 6.85. The molecular formula is C17H19Cl. The Kier molecular flexibility index (Phi) is 4.43. The Morgan fingerprint density at radius 3 is 2.17 bits per heavy atom. The van der Waals surface area contributed by atoms with Crippen molar-refractivity contribution in [2.24, 2.45) is 5.92 Å². The molecule has 0 aromatic heterocycles. The van der Waals surface area contributed by atoms with Gasteiger partial charge in [-0.05, 0) is 30.4 Å². The van der Waals surface area contributed by atoms with Crippen LogP contribution in [0.1, 0.15) is 29.0 Å². The van der Waals surface area contributed by atoms with Gasteiger partial charge >= 0.3 is 0 Å². The number of halogens is 1. The molecule has 0 nitrogen and oxygen atoms in total. The van der Waals surface area contributed by atoms with Gasteiger partial charge in [-0.25, -0.2) is 0 Å². The van der Waals surface area contributed by atoms with Crippen LogP contribution in [-0.4, -0.2) is 0 Å². The molecule has 0 saturated heterocycles. The van der Waals surface area contributed by atoms with Crippen molar-refractivity contribution in [3.8, 4) is 0 Å². The summed E-state index contributed by atoms with van der Waals surface area (Å²) < 4.78 is 0. The molecule has 0 N–H and O–H groups in total. The average molecular weight is 259 g/mol. The first-order valence-electron chi connectivity index (χ1n) is 6.41. The highest BCUT2D eigenvalue weighted by Gasteiger charge is 2.16. The molecule has 0 spiro atoms. The summed E-state index contributed by atoms with van der Waals surface area (Å²) in [7, 11) is 0. The van der Waals surface area contributed by atoms with Crippen LogP contribution < -0.4 is 0 Å². The highest BCUT2D eigenvalue weighted by Crippen LogP contribution is 2.30. The van der Waals surface area contributed by atoms with Crippen LogP contribution in [0.25, 0.3) is 0 Å². The van der Waals surface area contributed by atoms with Crippen molar-refractivity contribution in [3.05, 3.63) is 71.3 Å². The Balaban J connectivity index is 2.03. The van der Waals surface area contributed by atoms with Crippen LogP contribution in [0.5, 0.6) is 0 Å². The predicted molar refractivity (Wildman–Crippen MR) is 79.1 cm³/mol. The fourth-order valence-corrected chi connectivity index (χ4v) is 2.40. The maximum absolute atomic E-state index is 6.54. The van der Waals surface area contributed by atoms with Crippen LogP contribution in [0, 0.1) is 12.8 Å². The minimum Gasteiger partial charge on any atom is -0.118 e. The van der Waals surface area contributed by atoms with E-state index >= 15 is 0 Å². The van der Waals surface area contributed by atoms with E-state index in [0.717, 1.165) is 6.42 Å². The minimum atomic E-state index is 0.0764. The Bertz CT molecular complexity index is 473. The van der Waals surface area contributed by atoms with Crippen molar-refractivity contribution in [1.29, 1.82) is 0 Å². The van der Waals surface area contributed by atoms with Gasteiger partial charge in [0.1, 0.15) is 0 Å². The summed E-state index contributed by atoms with van der Waals surface area (Å²) in [6.07, 6.45) is 1.02. The maximum Gasteiger partial charge on any atom is 0.0613 e. The Labute approximate surface area is 115 Å². The lowest BCUT2D eigenvalue weighted by atomic mass is 9.93. The molecule has 2 atom stereocenters. The zero-order valence-corrected chi connectivity index (χ0v) is 11.7. The van der Waals surface area contributed by atoms with E-state index in [9.17, 15) is 0 Å². The van der Waals surface area contributed by atoms with Crippen molar-refractivity contribution in [2.45, 2.75) is 25.6 Å². The fourth-order valence-electron chi connectivity index (χ4n) is 2.16. The fraction of sp³-hybridized carbons (Fsp3) is 0.294. The van der Waals surface area contributed by atoms with Crippen LogP contribution in [0.4, 0.5) is 0 Å². The summed E-state index contributed by atoms with van der Waals surface area (Å²) in [5.41, 5.74) is 3.87. The summed E-state index contributed by atoms with van der Waals surface area (Å²) in [6.45, 7) is 4.33. The smallest absolute Gasteiger partial charge is 0.0613 e. The largest absolute Gasteiger partial charge is 0.118 e. The van der Waals surface area contributed by atoms with Crippen LogP contribution in [0.2, 0.25) is 0 Å². The Hall–Kier alpha value is -1.27. The molecule has 0 amide bonds. The van der Waals surface area contributed by atoms with Gasteiger partial charge in [-0.15, -0.1) is 11.6 Å². The molecule has 18 heavy (non-hydrogen) atoms. The van der Waals surface area contributed by atoms with E-state index in [1.165, 1.54) is 16.7 Å². The summed E-state index contributed by atoms with van der Waals surface area (Å²) in [4.78, 5) is 0. The number of aryl methyl sites for hydroxylation is 1. The van der Waals surface area contributed by atoms with Gasteiger partial charge < -0.3 is 0 Å². The number of alkyl halides is 1. The van der Waals surface area contributed by atoms with Gasteiger partial charge in [-0.2, -0.15) is 0 Å². The van der Waals surface area contributed by atoms with E-state index < -0.39 is 0 Å². The lowest BCUT2D eigenvalue weighted by Gasteiger charge is -2.18. The summed E-state index contributed by atoms with van der Waals surface area (Å²) >= 11 is 6.54. The molecule has 0 aliphatic carbocycles. The van der Waals surface area contributed by atoms with Gasteiger partial charge in [0.05, 0.1) is 5.38 Å². The number of rotatable bonds is 4. The van der Waals surface area contributed by atoms with Gasteiger partial charge in [0.2, 0.25) is 0 Å². The third kappa shape index (κ3) is 3.36. The molecular weight excluding hydrogens is 240 g/mol. The molecule has 0 fully saturated rings. The first kappa shape index (κ1) is 13.2. The molecule has 0 radical (unpaired) electrons. The Morgan fingerprint density at radius 1 is 0.944 bits per heavy atom. The zero-order chi connectivity index (χ0) is 13.0. The quantitative estimate of drug-likeness (QED) is 0.665. The zero-order valence-electron chi connectivity index (χ0n) is 10.9. The normalized spacial score (nSPS) is 14.2. The van der Waals surface area contributed by atoms with Crippen molar-refractivity contribution >= 4 is 11.6 Å². The monoisotopic (exact) mass is 258 g/mol. The molecule has 94 valence electrons. The van der Waals surface area contributed by atoms with Crippen molar-refractivity contribution < 1.29 is 0 Å². The Morgan fingerprint density at radius 2 is 1.56 bits per heavy atom. The standard InChI is InChI=1S/C17H19Cl/c1-13-8-10-15(11-9-13)12-14(2)17(18)16-6-4-3-5-7-16/h3-11,14,17H,12H2,1-2H3. The van der Waals surface area contributed by atoms with Gasteiger partial charge in [-0.1, -0.05) is 67.1 Å². The van der Waals surface area contributed by atoms with Crippen LogP contribution in [-0.2, 0) is 6.42 Å². The summed E-state index contributed by atoms with van der Waals surface area (Å²) in [6, 6.07) is 19.0. The van der Waals surface area contributed by atoms with Crippen LogP contribution in [0.3, 0.4) is 0 Å². The molecule has 2 rings (SSSR count). The third-order valence-corrected chi connectivity index (χ3v) is 3.98. The topological polar surface area (TPSA) is 0 Å². The van der Waals surface area contributed by atoms with E-state index in [1.807, 2.05) is 18.2 Å². The van der Waals surface area contributed by atoms with Crippen molar-refractivity contribution in [1.82, 2.24) is 0 Å².